The predicted octanol–water partition coefficient (Wildman–Crippen LogP) is 4.07. The first-order chi connectivity index (χ1) is 8.97. The van der Waals surface area contributed by atoms with Gasteiger partial charge in [0.2, 0.25) is 0 Å². The molecule has 0 amide bonds. The summed E-state index contributed by atoms with van der Waals surface area (Å²) in [5.74, 6) is 0.885. The van der Waals surface area contributed by atoms with Crippen molar-refractivity contribution in [2.75, 3.05) is 5.73 Å². The third-order valence-electron chi connectivity index (χ3n) is 3.05. The van der Waals surface area contributed by atoms with Crippen molar-refractivity contribution < 1.29 is 4.39 Å². The Hall–Kier alpha value is -1.55. The number of hydrogen-bond donors (Lipinski definition) is 1. The molecule has 102 valence electrons. The summed E-state index contributed by atoms with van der Waals surface area (Å²) in [6.45, 7) is 6.03. The highest BCUT2D eigenvalue weighted by molar-refractivity contribution is 6.33. The lowest BCUT2D eigenvalue weighted by Gasteiger charge is -2.12. The lowest BCUT2D eigenvalue weighted by molar-refractivity contribution is 0.579. The number of aryl methyl sites for hydroxylation is 1. The van der Waals surface area contributed by atoms with Crippen molar-refractivity contribution in [1.82, 2.24) is 9.55 Å². The van der Waals surface area contributed by atoms with Gasteiger partial charge in [-0.05, 0) is 26.0 Å². The normalized spacial score (nSPS) is 11.3. The highest BCUT2D eigenvalue weighted by atomic mass is 35.5. The summed E-state index contributed by atoms with van der Waals surface area (Å²) >= 11 is 6.08. The number of nitrogens with two attached hydrogens (primary N) is 1. The number of benzene rings is 1. The Morgan fingerprint density at radius 2 is 2.11 bits per heavy atom. The summed E-state index contributed by atoms with van der Waals surface area (Å²) in [6.07, 6.45) is 0.731. The number of nitrogen functional groups attached to an aromatic ring is 1. The third kappa shape index (κ3) is 2.32. The SMILES string of the molecule is CCc1nc(-c2c(F)cccc2Cl)c(N)n1C(C)C. The third-order valence-corrected chi connectivity index (χ3v) is 3.37. The number of rotatable bonds is 3. The molecular weight excluding hydrogens is 265 g/mol. The first kappa shape index (κ1) is 13.9. The minimum atomic E-state index is -0.407. The van der Waals surface area contributed by atoms with E-state index in [-0.39, 0.29) is 11.6 Å². The molecular formula is C14H17ClFN3. The van der Waals surface area contributed by atoms with Gasteiger partial charge in [-0.3, -0.25) is 0 Å². The highest BCUT2D eigenvalue weighted by Crippen LogP contribution is 2.35. The van der Waals surface area contributed by atoms with Gasteiger partial charge in [0.15, 0.2) is 0 Å². The fraction of sp³-hybridized carbons (Fsp3) is 0.357. The smallest absolute Gasteiger partial charge is 0.134 e. The zero-order valence-electron chi connectivity index (χ0n) is 11.2. The number of anilines is 1. The van der Waals surface area contributed by atoms with Crippen molar-refractivity contribution in [3.8, 4) is 11.3 Å². The molecule has 1 aromatic heterocycles. The second-order valence-electron chi connectivity index (χ2n) is 4.68. The van der Waals surface area contributed by atoms with Gasteiger partial charge in [-0.25, -0.2) is 9.37 Å². The standard InChI is InChI=1S/C14H17ClFN3/c1-4-11-18-13(14(17)19(11)8(2)3)12-9(15)6-5-7-10(12)16/h5-8H,4,17H2,1-3H3. The molecule has 0 fully saturated rings. The molecule has 0 spiro atoms. The van der Waals surface area contributed by atoms with Crippen LogP contribution in [0, 0.1) is 5.82 Å². The van der Waals surface area contributed by atoms with Crippen LogP contribution in [0.5, 0.6) is 0 Å². The molecule has 2 aromatic rings. The predicted molar refractivity (Wildman–Crippen MR) is 76.8 cm³/mol. The summed E-state index contributed by atoms with van der Waals surface area (Å²) in [4.78, 5) is 4.45. The van der Waals surface area contributed by atoms with E-state index in [2.05, 4.69) is 4.98 Å². The Labute approximate surface area is 117 Å². The van der Waals surface area contributed by atoms with E-state index in [0.717, 1.165) is 12.2 Å². The van der Waals surface area contributed by atoms with Crippen molar-refractivity contribution >= 4 is 17.4 Å². The van der Waals surface area contributed by atoms with Crippen LogP contribution >= 0.6 is 11.6 Å². The lowest BCUT2D eigenvalue weighted by Crippen LogP contribution is -2.09. The van der Waals surface area contributed by atoms with Gasteiger partial charge in [-0.1, -0.05) is 24.6 Å². The number of hydrogen-bond acceptors (Lipinski definition) is 2. The average Bonchev–Trinajstić information content (AvgIpc) is 2.66. The van der Waals surface area contributed by atoms with Crippen LogP contribution in [-0.2, 0) is 6.42 Å². The second-order valence-corrected chi connectivity index (χ2v) is 5.08. The number of nitrogens with zero attached hydrogens (tertiary/aromatic N) is 2. The van der Waals surface area contributed by atoms with Crippen molar-refractivity contribution in [1.29, 1.82) is 0 Å². The van der Waals surface area contributed by atoms with Crippen LogP contribution in [0.1, 0.15) is 32.6 Å². The first-order valence-corrected chi connectivity index (χ1v) is 6.66. The van der Waals surface area contributed by atoms with Crippen molar-refractivity contribution in [2.45, 2.75) is 33.2 Å². The number of imidazole rings is 1. The Kier molecular flexibility index (Phi) is 3.80. The Morgan fingerprint density at radius 1 is 1.42 bits per heavy atom. The first-order valence-electron chi connectivity index (χ1n) is 6.28. The lowest BCUT2D eigenvalue weighted by atomic mass is 10.1. The molecule has 0 radical (unpaired) electrons. The molecule has 0 bridgehead atoms. The van der Waals surface area contributed by atoms with Crippen LogP contribution < -0.4 is 5.73 Å². The summed E-state index contributed by atoms with van der Waals surface area (Å²) in [6, 6.07) is 4.74. The largest absolute Gasteiger partial charge is 0.383 e. The van der Waals surface area contributed by atoms with Crippen molar-refractivity contribution in [3.63, 3.8) is 0 Å². The molecule has 0 unspecified atom stereocenters. The molecule has 0 aliphatic heterocycles. The minimum Gasteiger partial charge on any atom is -0.383 e. The second kappa shape index (κ2) is 5.21. The molecule has 0 saturated heterocycles. The molecule has 0 aliphatic rings. The van der Waals surface area contributed by atoms with Gasteiger partial charge in [0.25, 0.3) is 0 Å². The van der Waals surface area contributed by atoms with E-state index in [9.17, 15) is 4.39 Å². The Balaban J connectivity index is 2.70. The van der Waals surface area contributed by atoms with Crippen LogP contribution in [-0.4, -0.2) is 9.55 Å². The Bertz CT molecular complexity index is 585. The van der Waals surface area contributed by atoms with E-state index in [1.54, 1.807) is 12.1 Å². The molecule has 0 atom stereocenters. The van der Waals surface area contributed by atoms with Gasteiger partial charge in [0.1, 0.15) is 23.2 Å². The summed E-state index contributed by atoms with van der Waals surface area (Å²) < 4.78 is 15.9. The zero-order chi connectivity index (χ0) is 14.2. The van der Waals surface area contributed by atoms with Gasteiger partial charge < -0.3 is 10.3 Å². The average molecular weight is 282 g/mol. The fourth-order valence-electron chi connectivity index (χ4n) is 2.23. The van der Waals surface area contributed by atoms with Crippen LogP contribution in [0.4, 0.5) is 10.2 Å². The van der Waals surface area contributed by atoms with E-state index < -0.39 is 5.82 Å². The van der Waals surface area contributed by atoms with Gasteiger partial charge >= 0.3 is 0 Å². The van der Waals surface area contributed by atoms with Crippen LogP contribution in [0.3, 0.4) is 0 Å². The van der Waals surface area contributed by atoms with Gasteiger partial charge in [-0.15, -0.1) is 0 Å². The maximum absolute atomic E-state index is 14.0. The number of aromatic nitrogens is 2. The molecule has 3 nitrogen and oxygen atoms in total. The topological polar surface area (TPSA) is 43.8 Å². The van der Waals surface area contributed by atoms with Crippen molar-refractivity contribution in [3.05, 3.63) is 34.9 Å². The highest BCUT2D eigenvalue weighted by Gasteiger charge is 2.21. The summed E-state index contributed by atoms with van der Waals surface area (Å²) in [5, 5.41) is 0.322. The molecule has 5 heteroatoms. The number of halogens is 2. The molecule has 0 aliphatic carbocycles. The molecule has 0 saturated carbocycles. The zero-order valence-corrected chi connectivity index (χ0v) is 12.0. The van der Waals surface area contributed by atoms with Crippen LogP contribution in [0.2, 0.25) is 5.02 Å². The fourth-order valence-corrected chi connectivity index (χ4v) is 2.48. The van der Waals surface area contributed by atoms with Crippen molar-refractivity contribution in [2.24, 2.45) is 0 Å². The molecule has 2 N–H and O–H groups in total. The van der Waals surface area contributed by atoms with Crippen LogP contribution in [0.25, 0.3) is 11.3 Å². The van der Waals surface area contributed by atoms with E-state index in [1.165, 1.54) is 6.07 Å². The van der Waals surface area contributed by atoms with E-state index in [4.69, 9.17) is 17.3 Å². The van der Waals surface area contributed by atoms with Gasteiger partial charge in [-0.2, -0.15) is 0 Å². The quantitative estimate of drug-likeness (QED) is 0.922. The van der Waals surface area contributed by atoms with Gasteiger partial charge in [0.05, 0.1) is 10.6 Å². The summed E-state index contributed by atoms with van der Waals surface area (Å²) in [5.41, 5.74) is 6.82. The van der Waals surface area contributed by atoms with E-state index >= 15 is 0 Å². The van der Waals surface area contributed by atoms with Crippen LogP contribution in [0.15, 0.2) is 18.2 Å². The summed E-state index contributed by atoms with van der Waals surface area (Å²) in [7, 11) is 0. The maximum atomic E-state index is 14.0. The maximum Gasteiger partial charge on any atom is 0.134 e. The molecule has 1 heterocycles. The molecule has 19 heavy (non-hydrogen) atoms. The van der Waals surface area contributed by atoms with Gasteiger partial charge in [0, 0.05) is 12.5 Å². The molecule has 2 rings (SSSR count). The monoisotopic (exact) mass is 281 g/mol. The van der Waals surface area contributed by atoms with E-state index in [0.29, 0.717) is 16.5 Å². The van der Waals surface area contributed by atoms with E-state index in [1.807, 2.05) is 25.3 Å². The Morgan fingerprint density at radius 3 is 2.58 bits per heavy atom. The molecule has 1 aromatic carbocycles. The minimum absolute atomic E-state index is 0.168.